The topological polar surface area (TPSA) is 188 Å². The predicted octanol–water partition coefficient (Wildman–Crippen LogP) is -0.853. The average Bonchev–Trinajstić information content (AvgIpc) is 2.63. The highest BCUT2D eigenvalue weighted by molar-refractivity contribution is 7.98. The lowest BCUT2D eigenvalue weighted by molar-refractivity contribution is -0.144. The number of aliphatic carboxylic acids is 2. The van der Waals surface area contributed by atoms with Gasteiger partial charge in [0.05, 0.1) is 12.5 Å². The van der Waals surface area contributed by atoms with Crippen LogP contribution in [0, 0.1) is 5.92 Å². The molecule has 0 aromatic heterocycles. The van der Waals surface area contributed by atoms with Crippen LogP contribution in [0.2, 0.25) is 0 Å². The number of thioether (sulfide) groups is 1. The quantitative estimate of drug-likeness (QED) is 0.197. The zero-order valence-electron chi connectivity index (χ0n) is 17.6. The van der Waals surface area contributed by atoms with Crippen LogP contribution in [0.4, 0.5) is 0 Å². The fourth-order valence-corrected chi connectivity index (χ4v) is 2.90. The maximum absolute atomic E-state index is 12.4. The maximum Gasteiger partial charge on any atom is 0.326 e. The lowest BCUT2D eigenvalue weighted by Crippen LogP contribution is -2.56. The molecule has 12 heteroatoms. The smallest absolute Gasteiger partial charge is 0.326 e. The van der Waals surface area contributed by atoms with Gasteiger partial charge in [-0.3, -0.25) is 19.2 Å². The van der Waals surface area contributed by atoms with E-state index < -0.39 is 60.2 Å². The Morgan fingerprint density at radius 2 is 1.47 bits per heavy atom. The number of carbonyl (C=O) groups excluding carboxylic acids is 3. The van der Waals surface area contributed by atoms with Crippen molar-refractivity contribution in [2.24, 2.45) is 11.7 Å². The molecule has 0 radical (unpaired) electrons. The van der Waals surface area contributed by atoms with Crippen LogP contribution in [0.5, 0.6) is 0 Å². The van der Waals surface area contributed by atoms with E-state index in [9.17, 15) is 29.1 Å². The van der Waals surface area contributed by atoms with Crippen LogP contribution in [0.25, 0.3) is 0 Å². The van der Waals surface area contributed by atoms with Crippen LogP contribution >= 0.6 is 11.8 Å². The van der Waals surface area contributed by atoms with E-state index in [-0.39, 0.29) is 12.3 Å². The number of amides is 3. The first-order valence-electron chi connectivity index (χ1n) is 9.49. The van der Waals surface area contributed by atoms with Gasteiger partial charge in [0.2, 0.25) is 17.7 Å². The SMILES string of the molecule is CSCCC(N)C(=O)NC(C)C(=O)NC(CC(=O)O)C(=O)NC(CC(C)C)C(=O)O. The van der Waals surface area contributed by atoms with E-state index in [0.29, 0.717) is 12.2 Å². The first-order valence-corrected chi connectivity index (χ1v) is 10.9. The van der Waals surface area contributed by atoms with Gasteiger partial charge in [0, 0.05) is 0 Å². The molecule has 0 aliphatic heterocycles. The minimum atomic E-state index is -1.51. The fraction of sp³-hybridized carbons (Fsp3) is 0.722. The Balaban J connectivity index is 5.07. The summed E-state index contributed by atoms with van der Waals surface area (Å²) in [4.78, 5) is 59.2. The number of carbonyl (C=O) groups is 5. The van der Waals surface area contributed by atoms with Crippen molar-refractivity contribution in [2.75, 3.05) is 12.0 Å². The molecule has 0 rings (SSSR count). The molecule has 0 aliphatic carbocycles. The average molecular weight is 449 g/mol. The van der Waals surface area contributed by atoms with Gasteiger partial charge in [-0.05, 0) is 37.7 Å². The van der Waals surface area contributed by atoms with E-state index in [1.165, 1.54) is 18.7 Å². The van der Waals surface area contributed by atoms with Crippen LogP contribution in [0.15, 0.2) is 0 Å². The molecule has 7 N–H and O–H groups in total. The molecule has 3 amide bonds. The molecule has 0 fully saturated rings. The molecular formula is C18H32N4O7S. The van der Waals surface area contributed by atoms with Gasteiger partial charge in [0.1, 0.15) is 18.1 Å². The number of nitrogens with one attached hydrogen (secondary N) is 3. The number of hydrogen-bond donors (Lipinski definition) is 6. The van der Waals surface area contributed by atoms with Crippen molar-refractivity contribution in [3.63, 3.8) is 0 Å². The Hall–Kier alpha value is -2.34. The second-order valence-corrected chi connectivity index (χ2v) is 8.29. The fourth-order valence-electron chi connectivity index (χ4n) is 2.41. The van der Waals surface area contributed by atoms with Gasteiger partial charge in [-0.1, -0.05) is 13.8 Å². The molecular weight excluding hydrogens is 416 g/mol. The number of carboxylic acids is 2. The van der Waals surface area contributed by atoms with Crippen LogP contribution < -0.4 is 21.7 Å². The molecule has 172 valence electrons. The van der Waals surface area contributed by atoms with Gasteiger partial charge >= 0.3 is 11.9 Å². The number of nitrogens with two attached hydrogens (primary N) is 1. The zero-order chi connectivity index (χ0) is 23.4. The summed E-state index contributed by atoms with van der Waals surface area (Å²) >= 11 is 1.52. The first kappa shape index (κ1) is 27.7. The van der Waals surface area contributed by atoms with Crippen molar-refractivity contribution < 1.29 is 34.2 Å². The molecule has 4 atom stereocenters. The molecule has 0 aliphatic rings. The summed E-state index contributed by atoms with van der Waals surface area (Å²) in [6.45, 7) is 4.91. The van der Waals surface area contributed by atoms with Crippen LogP contribution in [0.1, 0.15) is 40.0 Å². The van der Waals surface area contributed by atoms with E-state index in [0.717, 1.165) is 0 Å². The highest BCUT2D eigenvalue weighted by Gasteiger charge is 2.30. The minimum absolute atomic E-state index is 0.0375. The maximum atomic E-state index is 12.4. The standard InChI is InChI=1S/C18H32N4O7S/c1-9(2)7-13(18(28)29)22-17(27)12(8-14(23)24)21-15(25)10(3)20-16(26)11(19)5-6-30-4/h9-13H,5-8,19H2,1-4H3,(H,20,26)(H,21,25)(H,22,27)(H,23,24)(H,28,29). The number of rotatable bonds is 14. The summed E-state index contributed by atoms with van der Waals surface area (Å²) in [5.74, 6) is -4.28. The summed E-state index contributed by atoms with van der Waals surface area (Å²) in [5, 5.41) is 25.2. The monoisotopic (exact) mass is 448 g/mol. The summed E-state index contributed by atoms with van der Waals surface area (Å²) < 4.78 is 0. The second kappa shape index (κ2) is 13.8. The second-order valence-electron chi connectivity index (χ2n) is 7.31. The van der Waals surface area contributed by atoms with Crippen LogP contribution in [-0.4, -0.2) is 76.0 Å². The zero-order valence-corrected chi connectivity index (χ0v) is 18.5. The Morgan fingerprint density at radius 3 is 1.93 bits per heavy atom. The first-order chi connectivity index (χ1) is 13.9. The van der Waals surface area contributed by atoms with Crippen LogP contribution in [-0.2, 0) is 24.0 Å². The molecule has 0 saturated carbocycles. The van der Waals surface area contributed by atoms with Gasteiger partial charge in [-0.15, -0.1) is 0 Å². The largest absolute Gasteiger partial charge is 0.481 e. The molecule has 0 heterocycles. The van der Waals surface area contributed by atoms with E-state index in [1.807, 2.05) is 6.26 Å². The lowest BCUT2D eigenvalue weighted by atomic mass is 10.0. The molecule has 0 aromatic carbocycles. The van der Waals surface area contributed by atoms with Gasteiger partial charge in [-0.2, -0.15) is 11.8 Å². The van der Waals surface area contributed by atoms with Crippen molar-refractivity contribution in [2.45, 2.75) is 64.2 Å². The lowest BCUT2D eigenvalue weighted by Gasteiger charge is -2.23. The van der Waals surface area contributed by atoms with Gasteiger partial charge in [0.15, 0.2) is 0 Å². The van der Waals surface area contributed by atoms with Gasteiger partial charge in [0.25, 0.3) is 0 Å². The van der Waals surface area contributed by atoms with E-state index >= 15 is 0 Å². The molecule has 11 nitrogen and oxygen atoms in total. The number of hydrogen-bond acceptors (Lipinski definition) is 7. The molecule has 0 saturated heterocycles. The molecule has 30 heavy (non-hydrogen) atoms. The Kier molecular flexibility index (Phi) is 12.7. The predicted molar refractivity (Wildman–Crippen MR) is 112 cm³/mol. The Bertz CT molecular complexity index is 630. The Labute approximate surface area is 179 Å². The van der Waals surface area contributed by atoms with Crippen molar-refractivity contribution in [1.29, 1.82) is 0 Å². The Morgan fingerprint density at radius 1 is 0.900 bits per heavy atom. The van der Waals surface area contributed by atoms with E-state index in [1.54, 1.807) is 13.8 Å². The molecule has 0 bridgehead atoms. The molecule has 0 spiro atoms. The van der Waals surface area contributed by atoms with E-state index in [2.05, 4.69) is 16.0 Å². The highest BCUT2D eigenvalue weighted by atomic mass is 32.2. The molecule has 4 unspecified atom stereocenters. The summed E-state index contributed by atoms with van der Waals surface area (Å²) in [6, 6.07) is -4.61. The van der Waals surface area contributed by atoms with Crippen molar-refractivity contribution in [1.82, 2.24) is 16.0 Å². The highest BCUT2D eigenvalue weighted by Crippen LogP contribution is 2.06. The van der Waals surface area contributed by atoms with E-state index in [4.69, 9.17) is 10.8 Å². The summed E-state index contributed by atoms with van der Waals surface area (Å²) in [7, 11) is 0. The van der Waals surface area contributed by atoms with Crippen molar-refractivity contribution in [3.05, 3.63) is 0 Å². The minimum Gasteiger partial charge on any atom is -0.481 e. The van der Waals surface area contributed by atoms with Crippen LogP contribution in [0.3, 0.4) is 0 Å². The normalized spacial score (nSPS) is 14.9. The summed E-state index contributed by atoms with van der Waals surface area (Å²) in [6.07, 6.45) is 1.66. The molecule has 0 aromatic rings. The van der Waals surface area contributed by atoms with Gasteiger partial charge < -0.3 is 31.9 Å². The third-order valence-electron chi connectivity index (χ3n) is 4.06. The van der Waals surface area contributed by atoms with Crippen molar-refractivity contribution in [3.8, 4) is 0 Å². The van der Waals surface area contributed by atoms with Crippen molar-refractivity contribution >= 4 is 41.4 Å². The van der Waals surface area contributed by atoms with Gasteiger partial charge in [-0.25, -0.2) is 4.79 Å². The third-order valence-corrected chi connectivity index (χ3v) is 4.70. The number of carboxylic acid groups (broad SMARTS) is 2. The third kappa shape index (κ3) is 11.0. The summed E-state index contributed by atoms with van der Waals surface area (Å²) in [5.41, 5.74) is 5.74.